The molecule has 1 unspecified atom stereocenters. The molecular weight excluding hydrogens is 426 g/mol. The lowest BCUT2D eigenvalue weighted by Gasteiger charge is -2.21. The van der Waals surface area contributed by atoms with E-state index in [-0.39, 0.29) is 15.8 Å². The quantitative estimate of drug-likeness (QED) is 0.622. The number of carbonyl (C=O) groups excluding carboxylic acids is 1. The summed E-state index contributed by atoms with van der Waals surface area (Å²) in [5.41, 5.74) is 0.718. The molecule has 0 bridgehead atoms. The molecule has 1 atom stereocenters. The number of ether oxygens (including phenoxy) is 1. The van der Waals surface area contributed by atoms with Gasteiger partial charge in [-0.3, -0.25) is 9.48 Å². The molecular formula is C21H28ClN3O4S. The Hall–Kier alpha value is -1.90. The topological polar surface area (TPSA) is 90.3 Å². The van der Waals surface area contributed by atoms with Crippen molar-refractivity contribution < 1.29 is 17.9 Å². The zero-order valence-electron chi connectivity index (χ0n) is 17.3. The fraction of sp³-hybridized carbons (Fsp3) is 0.524. The second-order valence-corrected chi connectivity index (χ2v) is 10.2. The number of hydrogen-bond donors (Lipinski definition) is 1. The van der Waals surface area contributed by atoms with Gasteiger partial charge in [0, 0.05) is 25.6 Å². The normalized spacial score (nSPS) is 16.0. The third-order valence-corrected chi connectivity index (χ3v) is 7.11. The van der Waals surface area contributed by atoms with Crippen LogP contribution < -0.4 is 5.32 Å². The highest BCUT2D eigenvalue weighted by Gasteiger charge is 2.28. The third kappa shape index (κ3) is 5.83. The number of carbonyl (C=O) groups is 1. The van der Waals surface area contributed by atoms with Crippen LogP contribution in [0.5, 0.6) is 0 Å². The lowest BCUT2D eigenvalue weighted by atomic mass is 9.87. The van der Waals surface area contributed by atoms with E-state index in [0.29, 0.717) is 31.3 Å². The summed E-state index contributed by atoms with van der Waals surface area (Å²) in [5.74, 6) is 0.352. The average Bonchev–Trinajstić information content (AvgIpc) is 3.35. The molecule has 0 radical (unpaired) electrons. The monoisotopic (exact) mass is 453 g/mol. The third-order valence-electron chi connectivity index (χ3n) is 5.53. The molecule has 2 aromatic rings. The number of amides is 1. The predicted molar refractivity (Wildman–Crippen MR) is 117 cm³/mol. The van der Waals surface area contributed by atoms with E-state index in [4.69, 9.17) is 16.3 Å². The first-order chi connectivity index (χ1) is 14.3. The van der Waals surface area contributed by atoms with Crippen LogP contribution in [0.25, 0.3) is 0 Å². The first-order valence-electron chi connectivity index (χ1n) is 10.1. The van der Waals surface area contributed by atoms with Crippen molar-refractivity contribution in [3.63, 3.8) is 0 Å². The number of nitrogens with one attached hydrogen (secondary N) is 1. The van der Waals surface area contributed by atoms with E-state index in [1.54, 1.807) is 36.2 Å². The second-order valence-electron chi connectivity index (χ2n) is 7.85. The van der Waals surface area contributed by atoms with Crippen molar-refractivity contribution in [3.8, 4) is 0 Å². The minimum absolute atomic E-state index is 0.0739. The summed E-state index contributed by atoms with van der Waals surface area (Å²) in [5, 5.41) is 7.40. The predicted octanol–water partition coefficient (Wildman–Crippen LogP) is 3.89. The smallest absolute Gasteiger partial charge is 0.233 e. The van der Waals surface area contributed by atoms with Crippen LogP contribution in [0.3, 0.4) is 0 Å². The van der Waals surface area contributed by atoms with Crippen molar-refractivity contribution in [2.75, 3.05) is 25.3 Å². The van der Waals surface area contributed by atoms with Gasteiger partial charge in [-0.25, -0.2) is 8.42 Å². The van der Waals surface area contributed by atoms with Crippen LogP contribution >= 0.6 is 11.6 Å². The summed E-state index contributed by atoms with van der Waals surface area (Å²) in [6.45, 7) is 1.13. The molecule has 1 aliphatic carbocycles. The number of sulfone groups is 1. The van der Waals surface area contributed by atoms with Gasteiger partial charge >= 0.3 is 0 Å². The molecule has 0 saturated heterocycles. The Labute approximate surface area is 182 Å². The number of anilines is 1. The lowest BCUT2D eigenvalue weighted by molar-refractivity contribution is -0.118. The summed E-state index contributed by atoms with van der Waals surface area (Å²) in [7, 11) is -1.80. The molecule has 1 amide bonds. The fourth-order valence-electron chi connectivity index (χ4n) is 3.96. The van der Waals surface area contributed by atoms with Crippen molar-refractivity contribution in [2.45, 2.75) is 49.5 Å². The molecule has 164 valence electrons. The number of aromatic nitrogens is 2. The van der Waals surface area contributed by atoms with Crippen molar-refractivity contribution in [3.05, 3.63) is 41.0 Å². The summed E-state index contributed by atoms with van der Waals surface area (Å²) in [6.07, 6.45) is 8.17. The van der Waals surface area contributed by atoms with Gasteiger partial charge in [-0.2, -0.15) is 5.10 Å². The number of methoxy groups -OCH3 is 1. The lowest BCUT2D eigenvalue weighted by Crippen LogP contribution is -2.23. The van der Waals surface area contributed by atoms with E-state index in [1.807, 2.05) is 0 Å². The zero-order valence-corrected chi connectivity index (χ0v) is 18.9. The van der Waals surface area contributed by atoms with E-state index in [0.717, 1.165) is 24.7 Å². The van der Waals surface area contributed by atoms with Crippen molar-refractivity contribution in [1.29, 1.82) is 0 Å². The van der Waals surface area contributed by atoms with Gasteiger partial charge in [0.15, 0.2) is 15.7 Å². The average molecular weight is 454 g/mol. The van der Waals surface area contributed by atoms with Gasteiger partial charge in [-0.15, -0.1) is 0 Å². The van der Waals surface area contributed by atoms with Gasteiger partial charge in [-0.1, -0.05) is 43.4 Å². The highest BCUT2D eigenvalue weighted by Crippen LogP contribution is 2.36. The Kier molecular flexibility index (Phi) is 7.55. The van der Waals surface area contributed by atoms with Crippen LogP contribution in [0.4, 0.5) is 5.82 Å². The SMILES string of the molecule is COCCn1ccc(NC(=O)C(CC2CCCC2)c2ccc(S(C)(=O)=O)c(Cl)c2)n1. The minimum atomic E-state index is -3.43. The first-order valence-corrected chi connectivity index (χ1v) is 12.4. The minimum Gasteiger partial charge on any atom is -0.383 e. The highest BCUT2D eigenvalue weighted by atomic mass is 35.5. The molecule has 1 heterocycles. The second kappa shape index (κ2) is 9.94. The number of nitrogens with zero attached hydrogens (tertiary/aromatic N) is 2. The van der Waals surface area contributed by atoms with E-state index >= 15 is 0 Å². The molecule has 1 fully saturated rings. The van der Waals surface area contributed by atoms with Gasteiger partial charge in [0.25, 0.3) is 0 Å². The molecule has 30 heavy (non-hydrogen) atoms. The maximum absolute atomic E-state index is 13.2. The number of hydrogen-bond acceptors (Lipinski definition) is 5. The Bertz CT molecular complexity index is 984. The summed E-state index contributed by atoms with van der Waals surface area (Å²) in [4.78, 5) is 13.2. The summed E-state index contributed by atoms with van der Waals surface area (Å²) in [6, 6.07) is 6.54. The molecule has 1 aromatic carbocycles. The van der Waals surface area contributed by atoms with E-state index in [9.17, 15) is 13.2 Å². The molecule has 7 nitrogen and oxygen atoms in total. The van der Waals surface area contributed by atoms with Gasteiger partial charge < -0.3 is 10.1 Å². The van der Waals surface area contributed by atoms with Gasteiger partial charge in [0.2, 0.25) is 5.91 Å². The first kappa shape index (κ1) is 22.8. The zero-order chi connectivity index (χ0) is 21.7. The Morgan fingerprint density at radius 1 is 1.33 bits per heavy atom. The summed E-state index contributed by atoms with van der Waals surface area (Å²) >= 11 is 6.25. The molecule has 1 N–H and O–H groups in total. The number of halogens is 1. The van der Waals surface area contributed by atoms with Crippen LogP contribution in [0.2, 0.25) is 5.02 Å². The van der Waals surface area contributed by atoms with Gasteiger partial charge in [0.05, 0.1) is 29.0 Å². The maximum Gasteiger partial charge on any atom is 0.233 e. The van der Waals surface area contributed by atoms with Crippen LogP contribution in [0.1, 0.15) is 43.6 Å². The maximum atomic E-state index is 13.2. The van der Waals surface area contributed by atoms with Crippen LogP contribution in [0, 0.1) is 5.92 Å². The van der Waals surface area contributed by atoms with Crippen molar-refractivity contribution in [2.24, 2.45) is 5.92 Å². The molecule has 1 aromatic heterocycles. The molecule has 0 spiro atoms. The molecule has 1 aliphatic rings. The largest absolute Gasteiger partial charge is 0.383 e. The van der Waals surface area contributed by atoms with Crippen LogP contribution in [-0.2, 0) is 25.9 Å². The standard InChI is InChI=1S/C21H28ClN3O4S/c1-29-12-11-25-10-9-20(24-25)23-21(26)17(13-15-5-3-4-6-15)16-7-8-19(18(22)14-16)30(2,27)28/h7-10,14-15,17H,3-6,11-13H2,1-2H3,(H,23,24,26). The molecule has 9 heteroatoms. The van der Waals surface area contributed by atoms with E-state index < -0.39 is 15.8 Å². The Balaban J connectivity index is 1.82. The van der Waals surface area contributed by atoms with Gasteiger partial charge in [0.1, 0.15) is 0 Å². The number of benzene rings is 1. The Morgan fingerprint density at radius 3 is 2.70 bits per heavy atom. The van der Waals surface area contributed by atoms with Gasteiger partial charge in [-0.05, 0) is 30.0 Å². The number of rotatable bonds is 9. The van der Waals surface area contributed by atoms with E-state index in [1.165, 1.54) is 18.9 Å². The van der Waals surface area contributed by atoms with Crippen LogP contribution in [-0.4, -0.2) is 44.1 Å². The van der Waals surface area contributed by atoms with Crippen molar-refractivity contribution >= 4 is 33.2 Å². The van der Waals surface area contributed by atoms with E-state index in [2.05, 4.69) is 10.4 Å². The highest BCUT2D eigenvalue weighted by molar-refractivity contribution is 7.90. The fourth-order valence-corrected chi connectivity index (χ4v) is 5.30. The van der Waals surface area contributed by atoms with Crippen molar-refractivity contribution in [1.82, 2.24) is 9.78 Å². The molecule has 0 aliphatic heterocycles. The molecule has 3 rings (SSSR count). The Morgan fingerprint density at radius 2 is 2.07 bits per heavy atom. The van der Waals surface area contributed by atoms with Crippen LogP contribution in [0.15, 0.2) is 35.4 Å². The summed E-state index contributed by atoms with van der Waals surface area (Å²) < 4.78 is 30.5. The molecule has 1 saturated carbocycles.